The Kier molecular flexibility index (Phi) is 8.30. The minimum Gasteiger partial charge on any atom is -0.755 e. The highest BCUT2D eigenvalue weighted by Gasteiger charge is 2.21. The van der Waals surface area contributed by atoms with E-state index >= 15 is 0 Å². The first-order chi connectivity index (χ1) is 18.3. The van der Waals surface area contributed by atoms with Crippen LogP contribution in [-0.4, -0.2) is 28.9 Å². The molecule has 4 aromatic carbocycles. The van der Waals surface area contributed by atoms with E-state index in [1.54, 1.807) is 42.5 Å². The number of ether oxygens (including phenoxy) is 2. The van der Waals surface area contributed by atoms with E-state index in [-0.39, 0.29) is 11.3 Å². The number of nitrogens with zero attached hydrogens (tertiary/aromatic N) is 2. The number of carbonyl (C=O) groups is 1. The Balaban J connectivity index is 1.65. The molecule has 0 aromatic heterocycles. The van der Waals surface area contributed by atoms with Crippen LogP contribution >= 0.6 is 0 Å². The van der Waals surface area contributed by atoms with Crippen LogP contribution in [0.4, 0.5) is 22.7 Å². The topological polar surface area (TPSA) is 108 Å². The third-order valence-electron chi connectivity index (χ3n) is 5.92. The van der Waals surface area contributed by atoms with Gasteiger partial charge in [-0.15, -0.1) is 0 Å². The van der Waals surface area contributed by atoms with Crippen LogP contribution < -0.4 is 19.7 Å². The molecule has 0 aliphatic heterocycles. The number of hydrogen-bond donors (Lipinski definition) is 1. The Bertz CT molecular complexity index is 1440. The number of nitrogens with two attached hydrogens (primary N) is 1. The number of rotatable bonds is 9. The lowest BCUT2D eigenvalue weighted by molar-refractivity contribution is 0.0601. The highest BCUT2D eigenvalue weighted by Crippen LogP contribution is 2.36. The summed E-state index contributed by atoms with van der Waals surface area (Å²) >= 11 is -2.70. The zero-order chi connectivity index (χ0) is 27.2. The molecule has 196 valence electrons. The lowest BCUT2D eigenvalue weighted by atomic mass is 10.1. The maximum Gasteiger partial charge on any atom is 0.340 e. The van der Waals surface area contributed by atoms with Crippen molar-refractivity contribution in [2.45, 2.75) is 13.5 Å². The third kappa shape index (κ3) is 6.13. The van der Waals surface area contributed by atoms with Crippen LogP contribution in [-0.2, 0) is 22.5 Å². The minimum absolute atomic E-state index is 0.0339. The normalized spacial score (nSPS) is 11.5. The van der Waals surface area contributed by atoms with Crippen molar-refractivity contribution in [3.8, 4) is 11.5 Å². The van der Waals surface area contributed by atoms with Crippen molar-refractivity contribution in [1.29, 1.82) is 0 Å². The number of nitrogen functional groups attached to an aromatic ring is 1. The Morgan fingerprint density at radius 2 is 1.58 bits per heavy atom. The number of hydrogen-bond acceptors (Lipinski definition) is 7. The summed E-state index contributed by atoms with van der Waals surface area (Å²) < 4.78 is 36.5. The molecule has 0 heterocycles. The summed E-state index contributed by atoms with van der Waals surface area (Å²) in [5.41, 5.74) is 10.3. The van der Waals surface area contributed by atoms with Crippen LogP contribution in [0.1, 0.15) is 21.5 Å². The van der Waals surface area contributed by atoms with Crippen LogP contribution in [0.25, 0.3) is 0 Å². The largest absolute Gasteiger partial charge is 0.755 e. The van der Waals surface area contributed by atoms with Crippen LogP contribution in [0.15, 0.2) is 91.0 Å². The minimum atomic E-state index is -2.70. The number of benzene rings is 4. The first-order valence-electron chi connectivity index (χ1n) is 11.8. The van der Waals surface area contributed by atoms with Gasteiger partial charge in [0.15, 0.2) is 0 Å². The van der Waals surface area contributed by atoms with Crippen molar-refractivity contribution in [2.75, 3.05) is 29.1 Å². The first-order valence-corrected chi connectivity index (χ1v) is 12.8. The molecule has 0 amide bonds. The van der Waals surface area contributed by atoms with E-state index in [1.165, 1.54) is 19.2 Å². The van der Waals surface area contributed by atoms with E-state index in [4.69, 9.17) is 15.2 Å². The van der Waals surface area contributed by atoms with Crippen molar-refractivity contribution in [1.82, 2.24) is 0 Å². The molecular weight excluding hydrogens is 502 g/mol. The number of carbonyl (C=O) groups excluding carboxylic acids is 1. The molecule has 0 aliphatic carbocycles. The average molecular weight is 531 g/mol. The molecule has 1 unspecified atom stereocenters. The number of esters is 1. The van der Waals surface area contributed by atoms with Gasteiger partial charge in [0.25, 0.3) is 0 Å². The average Bonchev–Trinajstić information content (AvgIpc) is 2.91. The maximum atomic E-state index is 12.7. The summed E-state index contributed by atoms with van der Waals surface area (Å²) in [6.07, 6.45) is 0. The van der Waals surface area contributed by atoms with Gasteiger partial charge in [-0.25, -0.2) is 4.79 Å². The van der Waals surface area contributed by atoms with E-state index < -0.39 is 17.2 Å². The molecule has 0 saturated heterocycles. The highest BCUT2D eigenvalue weighted by molar-refractivity contribution is 7.81. The second-order valence-electron chi connectivity index (χ2n) is 8.68. The molecule has 9 heteroatoms. The highest BCUT2D eigenvalue weighted by atomic mass is 32.2. The molecule has 0 radical (unpaired) electrons. The van der Waals surface area contributed by atoms with Crippen LogP contribution in [0, 0.1) is 6.92 Å². The fraction of sp³-hybridized carbons (Fsp3) is 0.138. The Morgan fingerprint density at radius 3 is 2.24 bits per heavy atom. The summed E-state index contributed by atoms with van der Waals surface area (Å²) in [7, 11) is 3.17. The standard InChI is InChI=1S/C29H29N3O5S/c1-20-9-11-22(12-10-20)32(38(34)35)27-16-14-23(17-25(27)29(33)36-3)37-24-13-15-26(30)28(18-24)31(2)19-21-7-5-4-6-8-21/h4-18H,19,30H2,1-3H3,(H,34,35)/p-1. The van der Waals surface area contributed by atoms with Crippen molar-refractivity contribution in [2.24, 2.45) is 0 Å². The predicted molar refractivity (Wildman–Crippen MR) is 149 cm³/mol. The zero-order valence-electron chi connectivity index (χ0n) is 21.3. The van der Waals surface area contributed by atoms with E-state index in [2.05, 4.69) is 0 Å². The molecule has 1 atom stereocenters. The van der Waals surface area contributed by atoms with E-state index in [0.717, 1.165) is 21.1 Å². The van der Waals surface area contributed by atoms with E-state index in [0.29, 0.717) is 29.4 Å². The quantitative estimate of drug-likeness (QED) is 0.167. The molecule has 38 heavy (non-hydrogen) atoms. The van der Waals surface area contributed by atoms with Gasteiger partial charge in [0.1, 0.15) is 11.5 Å². The molecule has 4 aromatic rings. The van der Waals surface area contributed by atoms with E-state index in [9.17, 15) is 13.6 Å². The van der Waals surface area contributed by atoms with Crippen molar-refractivity contribution in [3.63, 3.8) is 0 Å². The number of aryl methyl sites for hydroxylation is 1. The molecule has 4 rings (SSSR count). The fourth-order valence-electron chi connectivity index (χ4n) is 4.01. The molecule has 0 aliphatic rings. The monoisotopic (exact) mass is 530 g/mol. The number of anilines is 4. The molecule has 0 fully saturated rings. The van der Waals surface area contributed by atoms with Crippen molar-refractivity contribution < 1.29 is 23.0 Å². The van der Waals surface area contributed by atoms with Gasteiger partial charge in [-0.3, -0.25) is 8.51 Å². The SMILES string of the molecule is COC(=O)c1cc(Oc2ccc(N)c(N(C)Cc3ccccc3)c2)ccc1N(c1ccc(C)cc1)S(=O)[O-]. The van der Waals surface area contributed by atoms with Crippen LogP contribution in [0.3, 0.4) is 0 Å². The Labute approximate surface area is 224 Å². The van der Waals surface area contributed by atoms with Gasteiger partial charge in [0, 0.05) is 19.7 Å². The molecule has 0 saturated carbocycles. The predicted octanol–water partition coefficient (Wildman–Crippen LogP) is 5.72. The molecule has 2 N–H and O–H groups in total. The summed E-state index contributed by atoms with van der Waals surface area (Å²) in [6, 6.07) is 26.8. The van der Waals surface area contributed by atoms with Crippen molar-refractivity contribution in [3.05, 3.63) is 108 Å². The summed E-state index contributed by atoms with van der Waals surface area (Å²) in [5, 5.41) is 0. The van der Waals surface area contributed by atoms with Gasteiger partial charge in [-0.1, -0.05) is 48.0 Å². The van der Waals surface area contributed by atoms with Gasteiger partial charge in [0.2, 0.25) is 0 Å². The van der Waals surface area contributed by atoms with Gasteiger partial charge < -0.3 is 24.7 Å². The van der Waals surface area contributed by atoms with Gasteiger partial charge in [-0.2, -0.15) is 0 Å². The zero-order valence-corrected chi connectivity index (χ0v) is 22.1. The smallest absolute Gasteiger partial charge is 0.340 e. The van der Waals surface area contributed by atoms with E-state index in [1.807, 2.05) is 55.3 Å². The summed E-state index contributed by atoms with van der Waals surface area (Å²) in [6.45, 7) is 2.55. The Morgan fingerprint density at radius 1 is 0.921 bits per heavy atom. The fourth-order valence-corrected chi connectivity index (χ4v) is 4.62. The molecule has 0 spiro atoms. The summed E-state index contributed by atoms with van der Waals surface area (Å²) in [5.74, 6) is 0.130. The molecular formula is C29H28N3O5S-. The van der Waals surface area contributed by atoms with Crippen molar-refractivity contribution >= 4 is 40.0 Å². The lowest BCUT2D eigenvalue weighted by Gasteiger charge is -2.28. The Hall–Kier alpha value is -4.34. The maximum absolute atomic E-state index is 12.7. The van der Waals surface area contributed by atoms with Gasteiger partial charge >= 0.3 is 5.97 Å². The first kappa shape index (κ1) is 26.7. The second-order valence-corrected chi connectivity index (χ2v) is 9.48. The van der Waals surface area contributed by atoms with Gasteiger partial charge in [0.05, 0.1) is 46.7 Å². The van der Waals surface area contributed by atoms with Crippen LogP contribution in [0.2, 0.25) is 0 Å². The van der Waals surface area contributed by atoms with Gasteiger partial charge in [-0.05, 0) is 55.0 Å². The third-order valence-corrected chi connectivity index (χ3v) is 6.63. The molecule has 0 bridgehead atoms. The molecule has 8 nitrogen and oxygen atoms in total. The number of methoxy groups -OCH3 is 1. The lowest BCUT2D eigenvalue weighted by Crippen LogP contribution is -2.22. The summed E-state index contributed by atoms with van der Waals surface area (Å²) in [4.78, 5) is 14.7. The van der Waals surface area contributed by atoms with Crippen LogP contribution in [0.5, 0.6) is 11.5 Å². The second kappa shape index (κ2) is 11.8.